The second-order valence-electron chi connectivity index (χ2n) is 6.16. The summed E-state index contributed by atoms with van der Waals surface area (Å²) in [6.07, 6.45) is 0. The maximum atomic E-state index is 4.81. The van der Waals surface area contributed by atoms with Crippen LogP contribution in [0.25, 0.3) is 22.3 Å². The van der Waals surface area contributed by atoms with E-state index in [0.29, 0.717) is 0 Å². The topological polar surface area (TPSA) is 41.1 Å². The zero-order valence-electron chi connectivity index (χ0n) is 14.2. The second-order valence-corrected chi connectivity index (χ2v) is 7.38. The van der Waals surface area contributed by atoms with Crippen molar-refractivity contribution < 1.29 is 0 Å². The fourth-order valence-corrected chi connectivity index (χ4v) is 4.06. The van der Waals surface area contributed by atoms with Gasteiger partial charge in [-0.3, -0.25) is 4.90 Å². The molecule has 2 aromatic carbocycles. The molecule has 3 aromatic rings. The van der Waals surface area contributed by atoms with E-state index < -0.39 is 0 Å². The Hall–Kier alpha value is -2.11. The number of para-hydroxylation sites is 1. The van der Waals surface area contributed by atoms with E-state index in [0.717, 1.165) is 41.2 Å². The number of thioether (sulfide) groups is 1. The van der Waals surface area contributed by atoms with Gasteiger partial charge >= 0.3 is 0 Å². The summed E-state index contributed by atoms with van der Waals surface area (Å²) < 4.78 is 0. The number of nitrogens with zero attached hydrogens (tertiary/aromatic N) is 3. The van der Waals surface area contributed by atoms with E-state index in [1.165, 1.54) is 24.6 Å². The van der Waals surface area contributed by atoms with Gasteiger partial charge in [-0.1, -0.05) is 42.5 Å². The number of anilines is 1. The highest BCUT2D eigenvalue weighted by atomic mass is 32.2. The van der Waals surface area contributed by atoms with E-state index in [4.69, 9.17) is 9.97 Å². The molecule has 1 N–H and O–H groups in total. The molecule has 2 heterocycles. The van der Waals surface area contributed by atoms with Crippen molar-refractivity contribution in [1.82, 2.24) is 14.9 Å². The molecule has 0 amide bonds. The lowest BCUT2D eigenvalue weighted by Crippen LogP contribution is -2.36. The largest absolute Gasteiger partial charge is 0.368 e. The molecule has 1 aliphatic rings. The monoisotopic (exact) mass is 350 g/mol. The maximum absolute atomic E-state index is 4.81. The Morgan fingerprint density at radius 3 is 2.52 bits per heavy atom. The van der Waals surface area contributed by atoms with Crippen LogP contribution in [0.2, 0.25) is 0 Å². The minimum Gasteiger partial charge on any atom is -0.368 e. The average molecular weight is 350 g/mol. The Labute approximate surface area is 152 Å². The maximum Gasteiger partial charge on any atom is 0.162 e. The lowest BCUT2D eigenvalue weighted by molar-refractivity contribution is 0.314. The van der Waals surface area contributed by atoms with Crippen LogP contribution < -0.4 is 5.32 Å². The molecule has 128 valence electrons. The van der Waals surface area contributed by atoms with Gasteiger partial charge in [0.15, 0.2) is 5.82 Å². The molecule has 5 heteroatoms. The summed E-state index contributed by atoms with van der Waals surface area (Å²) >= 11 is 2.05. The van der Waals surface area contributed by atoms with Crippen LogP contribution in [0.5, 0.6) is 0 Å². The van der Waals surface area contributed by atoms with E-state index in [1.807, 2.05) is 42.1 Å². The van der Waals surface area contributed by atoms with Gasteiger partial charge in [0.25, 0.3) is 0 Å². The predicted octanol–water partition coefficient (Wildman–Crippen LogP) is 3.76. The van der Waals surface area contributed by atoms with Gasteiger partial charge in [0.2, 0.25) is 0 Å². The number of aromatic nitrogens is 2. The van der Waals surface area contributed by atoms with E-state index in [-0.39, 0.29) is 0 Å². The van der Waals surface area contributed by atoms with E-state index >= 15 is 0 Å². The minimum absolute atomic E-state index is 0.774. The fraction of sp³-hybridized carbons (Fsp3) is 0.300. The fourth-order valence-electron chi connectivity index (χ4n) is 3.08. The smallest absolute Gasteiger partial charge is 0.162 e. The molecule has 1 saturated heterocycles. The molecule has 0 radical (unpaired) electrons. The standard InChI is InChI=1S/C20H22N4S/c1-2-6-16(7-3-1)19-22-18-9-5-4-8-17(18)20(23-19)21-10-11-24-12-14-25-15-13-24/h1-9H,10-15H2,(H,21,22,23). The molecule has 1 fully saturated rings. The zero-order chi connectivity index (χ0) is 16.9. The number of benzene rings is 2. The van der Waals surface area contributed by atoms with Crippen molar-refractivity contribution in [3.05, 3.63) is 54.6 Å². The Kier molecular flexibility index (Phi) is 5.14. The van der Waals surface area contributed by atoms with Crippen molar-refractivity contribution in [3.8, 4) is 11.4 Å². The molecule has 4 rings (SSSR count). The van der Waals surface area contributed by atoms with Crippen LogP contribution in [-0.2, 0) is 0 Å². The molecule has 0 bridgehead atoms. The Morgan fingerprint density at radius 2 is 1.68 bits per heavy atom. The van der Waals surface area contributed by atoms with Gasteiger partial charge in [0.1, 0.15) is 5.82 Å². The molecule has 1 aliphatic heterocycles. The Balaban J connectivity index is 1.58. The lowest BCUT2D eigenvalue weighted by atomic mass is 10.2. The van der Waals surface area contributed by atoms with Gasteiger partial charge in [-0.05, 0) is 12.1 Å². The van der Waals surface area contributed by atoms with Gasteiger partial charge in [-0.15, -0.1) is 0 Å². The van der Waals surface area contributed by atoms with Crippen molar-refractivity contribution in [2.45, 2.75) is 0 Å². The third-order valence-electron chi connectivity index (χ3n) is 4.46. The lowest BCUT2D eigenvalue weighted by Gasteiger charge is -2.26. The molecule has 0 unspecified atom stereocenters. The molecule has 0 spiro atoms. The first kappa shape index (κ1) is 16.4. The van der Waals surface area contributed by atoms with Crippen LogP contribution in [0.1, 0.15) is 0 Å². The Morgan fingerprint density at radius 1 is 0.920 bits per heavy atom. The molecule has 25 heavy (non-hydrogen) atoms. The molecular weight excluding hydrogens is 328 g/mol. The highest BCUT2D eigenvalue weighted by Gasteiger charge is 2.11. The summed E-state index contributed by atoms with van der Waals surface area (Å²) in [7, 11) is 0. The summed E-state index contributed by atoms with van der Waals surface area (Å²) in [4.78, 5) is 12.1. The summed E-state index contributed by atoms with van der Waals surface area (Å²) in [5.41, 5.74) is 2.03. The van der Waals surface area contributed by atoms with E-state index in [9.17, 15) is 0 Å². The van der Waals surface area contributed by atoms with Crippen LogP contribution in [0.4, 0.5) is 5.82 Å². The summed E-state index contributed by atoms with van der Waals surface area (Å²) in [6.45, 7) is 4.33. The molecule has 1 aromatic heterocycles. The highest BCUT2D eigenvalue weighted by Crippen LogP contribution is 2.24. The number of fused-ring (bicyclic) bond motifs is 1. The second kappa shape index (κ2) is 7.85. The van der Waals surface area contributed by atoms with Gasteiger partial charge < -0.3 is 5.32 Å². The number of rotatable bonds is 5. The van der Waals surface area contributed by atoms with Crippen LogP contribution in [0, 0.1) is 0 Å². The van der Waals surface area contributed by atoms with Gasteiger partial charge in [0, 0.05) is 48.6 Å². The van der Waals surface area contributed by atoms with Crippen LogP contribution in [0.15, 0.2) is 54.6 Å². The van der Waals surface area contributed by atoms with Crippen LogP contribution in [0.3, 0.4) is 0 Å². The van der Waals surface area contributed by atoms with Gasteiger partial charge in [-0.2, -0.15) is 11.8 Å². The normalized spacial score (nSPS) is 15.4. The van der Waals surface area contributed by atoms with Crippen molar-refractivity contribution in [1.29, 1.82) is 0 Å². The van der Waals surface area contributed by atoms with Crippen LogP contribution >= 0.6 is 11.8 Å². The summed E-state index contributed by atoms with van der Waals surface area (Å²) in [5.74, 6) is 4.19. The third-order valence-corrected chi connectivity index (χ3v) is 5.40. The predicted molar refractivity (Wildman–Crippen MR) is 107 cm³/mol. The van der Waals surface area contributed by atoms with E-state index in [1.54, 1.807) is 0 Å². The average Bonchev–Trinajstić information content (AvgIpc) is 2.69. The van der Waals surface area contributed by atoms with Crippen molar-refractivity contribution in [2.75, 3.05) is 43.0 Å². The van der Waals surface area contributed by atoms with Gasteiger partial charge in [-0.25, -0.2) is 9.97 Å². The minimum atomic E-state index is 0.774. The first-order valence-electron chi connectivity index (χ1n) is 8.76. The molecule has 4 nitrogen and oxygen atoms in total. The molecule has 0 atom stereocenters. The molecule has 0 aliphatic carbocycles. The van der Waals surface area contributed by atoms with Crippen molar-refractivity contribution in [3.63, 3.8) is 0 Å². The first-order valence-corrected chi connectivity index (χ1v) is 9.92. The van der Waals surface area contributed by atoms with Crippen LogP contribution in [-0.4, -0.2) is 52.6 Å². The van der Waals surface area contributed by atoms with Gasteiger partial charge in [0.05, 0.1) is 5.52 Å². The summed E-state index contributed by atoms with van der Waals surface area (Å²) in [5, 5.41) is 4.63. The highest BCUT2D eigenvalue weighted by molar-refractivity contribution is 7.99. The number of nitrogens with one attached hydrogen (secondary N) is 1. The zero-order valence-corrected chi connectivity index (χ0v) is 15.0. The Bertz CT molecular complexity index is 831. The summed E-state index contributed by atoms with van der Waals surface area (Å²) in [6, 6.07) is 18.4. The molecular formula is C20H22N4S. The number of hydrogen-bond donors (Lipinski definition) is 1. The van der Waals surface area contributed by atoms with Crippen molar-refractivity contribution >= 4 is 28.5 Å². The third kappa shape index (κ3) is 3.94. The quantitative estimate of drug-likeness (QED) is 0.759. The van der Waals surface area contributed by atoms with Crippen molar-refractivity contribution in [2.24, 2.45) is 0 Å². The number of hydrogen-bond acceptors (Lipinski definition) is 5. The first-order chi connectivity index (χ1) is 12.4. The van der Waals surface area contributed by atoms with E-state index in [2.05, 4.69) is 34.5 Å². The SMILES string of the molecule is c1ccc(-c2nc(NCCN3CCSCC3)c3ccccc3n2)cc1. The molecule has 0 saturated carbocycles.